The summed E-state index contributed by atoms with van der Waals surface area (Å²) >= 11 is 0. The summed E-state index contributed by atoms with van der Waals surface area (Å²) in [5, 5.41) is 0. The second kappa shape index (κ2) is 4.70. The van der Waals surface area contributed by atoms with Crippen molar-refractivity contribution in [3.05, 3.63) is 29.8 Å². The summed E-state index contributed by atoms with van der Waals surface area (Å²) in [5.41, 5.74) is 10.5. The number of unbranched alkanes of at least 4 members (excludes halogenated alkanes) is 1. The first-order valence-corrected chi connectivity index (χ1v) is 6.26. The number of fused-ring (bicyclic) bond motifs is 1. The zero-order valence-corrected chi connectivity index (χ0v) is 10.9. The van der Waals surface area contributed by atoms with Crippen molar-refractivity contribution < 1.29 is 0 Å². The molecule has 2 rings (SSSR count). The third-order valence-corrected chi connectivity index (χ3v) is 3.33. The Hall–Kier alpha value is -1.64. The van der Waals surface area contributed by atoms with Gasteiger partial charge in [-0.05, 0) is 31.0 Å². The van der Waals surface area contributed by atoms with Gasteiger partial charge in [0.05, 0.1) is 11.0 Å². The van der Waals surface area contributed by atoms with Gasteiger partial charge < -0.3 is 5.73 Å². The van der Waals surface area contributed by atoms with Crippen LogP contribution in [0.5, 0.6) is 0 Å². The van der Waals surface area contributed by atoms with Gasteiger partial charge in [-0.15, -0.1) is 0 Å². The fourth-order valence-corrected chi connectivity index (χ4v) is 2.17. The molecule has 1 aromatic heterocycles. The predicted molar refractivity (Wildman–Crippen MR) is 73.7 cm³/mol. The summed E-state index contributed by atoms with van der Waals surface area (Å²) in [5.74, 6) is 0. The van der Waals surface area contributed by atoms with Crippen LogP contribution >= 0.6 is 0 Å². The molecule has 2 aromatic rings. The van der Waals surface area contributed by atoms with Gasteiger partial charge in [0.25, 0.3) is 0 Å². The van der Waals surface area contributed by atoms with E-state index in [0.717, 1.165) is 17.8 Å². The molecular weight excluding hydrogens is 210 g/mol. The minimum absolute atomic E-state index is 0.841. The molecule has 0 unspecified atom stereocenters. The number of benzene rings is 1. The number of nitrogens with zero attached hydrogens (tertiary/aromatic N) is 2. The van der Waals surface area contributed by atoms with Gasteiger partial charge in [-0.3, -0.25) is 9.36 Å². The van der Waals surface area contributed by atoms with Crippen LogP contribution in [-0.4, -0.2) is 9.36 Å². The lowest BCUT2D eigenvalue weighted by atomic mass is 10.1. The van der Waals surface area contributed by atoms with Crippen LogP contribution in [0.1, 0.15) is 32.3 Å². The number of nitrogens with two attached hydrogens (primary N) is 1. The van der Waals surface area contributed by atoms with Gasteiger partial charge in [0.1, 0.15) is 0 Å². The highest BCUT2D eigenvalue weighted by molar-refractivity contribution is 5.82. The molecule has 2 N–H and O–H groups in total. The van der Waals surface area contributed by atoms with Crippen molar-refractivity contribution in [3.63, 3.8) is 0 Å². The van der Waals surface area contributed by atoms with Crippen molar-refractivity contribution in [3.8, 4) is 0 Å². The number of rotatable bonds is 4. The second-order valence-electron chi connectivity index (χ2n) is 4.45. The third-order valence-electron chi connectivity index (χ3n) is 3.33. The number of allylic oxidation sites excluding steroid dienone is 1. The fraction of sp³-hybridized carbons (Fsp3) is 0.429. The summed E-state index contributed by atoms with van der Waals surface area (Å²) < 4.78 is 4.52. The number of hydrogen-bond donors (Lipinski definition) is 1. The number of aromatic nitrogens is 2. The van der Waals surface area contributed by atoms with Crippen LogP contribution in [0, 0.1) is 0 Å². The van der Waals surface area contributed by atoms with E-state index in [1.54, 1.807) is 0 Å². The molecule has 0 saturated carbocycles. The van der Waals surface area contributed by atoms with Gasteiger partial charge in [0.15, 0.2) is 0 Å². The Morgan fingerprint density at radius 1 is 1.35 bits per heavy atom. The van der Waals surface area contributed by atoms with Crippen LogP contribution in [0.25, 0.3) is 16.7 Å². The van der Waals surface area contributed by atoms with E-state index in [1.165, 1.54) is 23.9 Å². The SMILES string of the molecule is C/C=C(\N)c1ccc2c(c1)n(C)n2CCCC. The smallest absolute Gasteiger partial charge is 0.0829 e. The molecule has 1 aromatic carbocycles. The quantitative estimate of drug-likeness (QED) is 0.862. The van der Waals surface area contributed by atoms with Gasteiger partial charge in [-0.1, -0.05) is 25.5 Å². The van der Waals surface area contributed by atoms with Crippen molar-refractivity contribution in [2.45, 2.75) is 33.2 Å². The summed E-state index contributed by atoms with van der Waals surface area (Å²) in [4.78, 5) is 0. The largest absolute Gasteiger partial charge is 0.399 e. The predicted octanol–water partition coefficient (Wildman–Crippen LogP) is 3.10. The normalized spacial score (nSPS) is 12.5. The highest BCUT2D eigenvalue weighted by atomic mass is 15.4. The van der Waals surface area contributed by atoms with E-state index in [9.17, 15) is 0 Å². The fourth-order valence-electron chi connectivity index (χ4n) is 2.17. The van der Waals surface area contributed by atoms with Crippen molar-refractivity contribution in [1.82, 2.24) is 9.36 Å². The highest BCUT2D eigenvalue weighted by Crippen LogP contribution is 2.22. The Labute approximate surface area is 102 Å². The highest BCUT2D eigenvalue weighted by Gasteiger charge is 2.10. The first kappa shape index (κ1) is 11.8. The molecule has 0 atom stereocenters. The Morgan fingerprint density at radius 2 is 2.12 bits per heavy atom. The summed E-state index contributed by atoms with van der Waals surface area (Å²) in [6.45, 7) is 5.28. The lowest BCUT2D eigenvalue weighted by molar-refractivity contribution is 0.484. The zero-order chi connectivity index (χ0) is 12.4. The van der Waals surface area contributed by atoms with Crippen LogP contribution in [0.4, 0.5) is 0 Å². The van der Waals surface area contributed by atoms with Crippen LogP contribution in [0.15, 0.2) is 24.3 Å². The second-order valence-corrected chi connectivity index (χ2v) is 4.45. The van der Waals surface area contributed by atoms with Crippen LogP contribution in [0.2, 0.25) is 0 Å². The number of hydrogen-bond acceptors (Lipinski definition) is 1. The van der Waals surface area contributed by atoms with Crippen LogP contribution in [0.3, 0.4) is 0 Å². The van der Waals surface area contributed by atoms with Gasteiger partial charge in [0.2, 0.25) is 0 Å². The molecule has 0 saturated heterocycles. The molecular formula is C14H21N3. The van der Waals surface area contributed by atoms with Gasteiger partial charge in [-0.25, -0.2) is 0 Å². The lowest BCUT2D eigenvalue weighted by Crippen LogP contribution is -2.20. The molecule has 0 bridgehead atoms. The maximum atomic E-state index is 5.93. The van der Waals surface area contributed by atoms with E-state index in [4.69, 9.17) is 5.73 Å². The monoisotopic (exact) mass is 231 g/mol. The van der Waals surface area contributed by atoms with Crippen molar-refractivity contribution in [2.75, 3.05) is 0 Å². The molecule has 0 aliphatic heterocycles. The molecule has 0 spiro atoms. The van der Waals surface area contributed by atoms with E-state index in [2.05, 4.69) is 41.5 Å². The first-order chi connectivity index (χ1) is 8.19. The Morgan fingerprint density at radius 3 is 2.76 bits per heavy atom. The van der Waals surface area contributed by atoms with E-state index >= 15 is 0 Å². The van der Waals surface area contributed by atoms with Crippen molar-refractivity contribution in [1.29, 1.82) is 0 Å². The van der Waals surface area contributed by atoms with E-state index in [0.29, 0.717) is 0 Å². The average Bonchev–Trinajstić information content (AvgIpc) is 2.37. The van der Waals surface area contributed by atoms with Crippen molar-refractivity contribution >= 4 is 16.7 Å². The lowest BCUT2D eigenvalue weighted by Gasteiger charge is -2.24. The van der Waals surface area contributed by atoms with Gasteiger partial charge >= 0.3 is 0 Å². The summed E-state index contributed by atoms with van der Waals surface area (Å²) in [6.07, 6.45) is 4.39. The van der Waals surface area contributed by atoms with Crippen LogP contribution < -0.4 is 5.73 Å². The average molecular weight is 231 g/mol. The standard InChI is InChI=1S/C14H21N3/c1-4-6-9-17-13-8-7-11(12(15)5-2)10-14(13)16(17)3/h5,7-8,10H,4,6,9,15H2,1-3H3/b12-5-. The summed E-state index contributed by atoms with van der Waals surface area (Å²) in [6, 6.07) is 6.42. The molecule has 0 aliphatic carbocycles. The molecule has 3 heteroatoms. The molecule has 17 heavy (non-hydrogen) atoms. The minimum atomic E-state index is 0.841. The third kappa shape index (κ3) is 1.97. The maximum absolute atomic E-state index is 5.93. The zero-order valence-electron chi connectivity index (χ0n) is 10.9. The van der Waals surface area contributed by atoms with E-state index < -0.39 is 0 Å². The molecule has 0 aliphatic rings. The number of aryl methyl sites for hydroxylation is 2. The van der Waals surface area contributed by atoms with Gasteiger partial charge in [0, 0.05) is 19.3 Å². The molecule has 0 amide bonds. The minimum Gasteiger partial charge on any atom is -0.399 e. The van der Waals surface area contributed by atoms with Crippen molar-refractivity contribution in [2.24, 2.45) is 12.8 Å². The molecule has 92 valence electrons. The van der Waals surface area contributed by atoms with Gasteiger partial charge in [-0.2, -0.15) is 0 Å². The Bertz CT molecular complexity index is 543. The molecule has 0 radical (unpaired) electrons. The molecule has 3 nitrogen and oxygen atoms in total. The van der Waals surface area contributed by atoms with Crippen LogP contribution in [-0.2, 0) is 13.6 Å². The van der Waals surface area contributed by atoms with E-state index in [1.807, 2.05) is 13.0 Å². The summed E-state index contributed by atoms with van der Waals surface area (Å²) in [7, 11) is 2.10. The molecule has 1 heterocycles. The Kier molecular flexibility index (Phi) is 3.27. The topological polar surface area (TPSA) is 35.9 Å². The Balaban J connectivity index is 2.35. The first-order valence-electron chi connectivity index (χ1n) is 6.26. The maximum Gasteiger partial charge on any atom is 0.0829 e. The molecule has 0 fully saturated rings. The van der Waals surface area contributed by atoms with E-state index in [-0.39, 0.29) is 0 Å².